The molecule has 192 valence electrons. The SMILES string of the molecule is Cc1ccc(-c2cc(F)c(C(F)(F)Oc3ccc(-c4ccc(OC(F)(F)F)cc4)c(F)c3)c(F)c2)cc1. The van der Waals surface area contributed by atoms with Gasteiger partial charge in [-0.3, -0.25) is 0 Å². The van der Waals surface area contributed by atoms with Crippen LogP contribution in [0.2, 0.25) is 0 Å². The Hall–Kier alpha value is -4.08. The van der Waals surface area contributed by atoms with E-state index in [2.05, 4.69) is 9.47 Å². The second-order valence-electron chi connectivity index (χ2n) is 8.01. The zero-order valence-electron chi connectivity index (χ0n) is 18.8. The minimum Gasteiger partial charge on any atom is -0.429 e. The van der Waals surface area contributed by atoms with Gasteiger partial charge in [0.05, 0.1) is 0 Å². The number of benzene rings is 4. The lowest BCUT2D eigenvalue weighted by Crippen LogP contribution is -2.25. The Labute approximate surface area is 205 Å². The third kappa shape index (κ3) is 6.02. The molecular weight excluding hydrogens is 508 g/mol. The highest BCUT2D eigenvalue weighted by Crippen LogP contribution is 2.38. The summed E-state index contributed by atoms with van der Waals surface area (Å²) in [4.78, 5) is 0. The summed E-state index contributed by atoms with van der Waals surface area (Å²) in [5.41, 5.74) is -0.324. The third-order valence-electron chi connectivity index (χ3n) is 5.30. The quantitative estimate of drug-likeness (QED) is 0.235. The van der Waals surface area contributed by atoms with Crippen LogP contribution in [-0.2, 0) is 6.11 Å². The first-order valence-corrected chi connectivity index (χ1v) is 10.6. The van der Waals surface area contributed by atoms with Crippen molar-refractivity contribution in [3.8, 4) is 33.8 Å². The van der Waals surface area contributed by atoms with Crippen molar-refractivity contribution in [3.05, 3.63) is 107 Å². The summed E-state index contributed by atoms with van der Waals surface area (Å²) in [6, 6.07) is 14.8. The first kappa shape index (κ1) is 26.0. The van der Waals surface area contributed by atoms with Crippen LogP contribution in [0.15, 0.2) is 78.9 Å². The second kappa shape index (κ2) is 9.76. The minimum atomic E-state index is -4.91. The van der Waals surface area contributed by atoms with Crippen LogP contribution in [0.25, 0.3) is 22.3 Å². The molecule has 0 aliphatic carbocycles. The van der Waals surface area contributed by atoms with E-state index in [0.717, 1.165) is 54.1 Å². The molecule has 0 heterocycles. The number of halogens is 8. The monoisotopic (exact) mass is 524 g/mol. The van der Waals surface area contributed by atoms with E-state index in [0.29, 0.717) is 11.6 Å². The average molecular weight is 524 g/mol. The average Bonchev–Trinajstić information content (AvgIpc) is 2.78. The maximum Gasteiger partial charge on any atom is 0.573 e. The molecule has 0 N–H and O–H groups in total. The molecule has 0 spiro atoms. The number of rotatable bonds is 6. The number of ether oxygens (including phenoxy) is 2. The van der Waals surface area contributed by atoms with Gasteiger partial charge in [-0.2, -0.15) is 8.78 Å². The molecule has 0 fully saturated rings. The van der Waals surface area contributed by atoms with Crippen LogP contribution >= 0.6 is 0 Å². The van der Waals surface area contributed by atoms with Gasteiger partial charge >= 0.3 is 12.5 Å². The van der Waals surface area contributed by atoms with Crippen molar-refractivity contribution in [1.29, 1.82) is 0 Å². The molecule has 4 aromatic rings. The molecule has 0 saturated carbocycles. The molecule has 0 atom stereocenters. The lowest BCUT2D eigenvalue weighted by molar-refractivity contribution is -0.274. The molecule has 0 radical (unpaired) electrons. The Morgan fingerprint density at radius 1 is 0.541 bits per heavy atom. The largest absolute Gasteiger partial charge is 0.573 e. The van der Waals surface area contributed by atoms with E-state index >= 15 is 0 Å². The van der Waals surface area contributed by atoms with Gasteiger partial charge in [-0.1, -0.05) is 42.0 Å². The van der Waals surface area contributed by atoms with E-state index in [1.54, 1.807) is 24.3 Å². The molecule has 0 saturated heterocycles. The van der Waals surface area contributed by atoms with E-state index in [9.17, 15) is 35.1 Å². The second-order valence-corrected chi connectivity index (χ2v) is 8.01. The maximum absolute atomic E-state index is 14.8. The molecular formula is C27H16F8O2. The highest BCUT2D eigenvalue weighted by Gasteiger charge is 2.41. The summed E-state index contributed by atoms with van der Waals surface area (Å²) in [6.45, 7) is 1.81. The molecule has 0 bridgehead atoms. The molecule has 0 aliphatic heterocycles. The molecule has 10 heteroatoms. The van der Waals surface area contributed by atoms with Crippen molar-refractivity contribution in [2.75, 3.05) is 0 Å². The Kier molecular flexibility index (Phi) is 6.86. The van der Waals surface area contributed by atoms with Crippen LogP contribution in [0.4, 0.5) is 35.1 Å². The van der Waals surface area contributed by atoms with Gasteiger partial charge in [0.25, 0.3) is 0 Å². The van der Waals surface area contributed by atoms with Gasteiger partial charge in [0, 0.05) is 11.6 Å². The number of alkyl halides is 5. The van der Waals surface area contributed by atoms with Crippen molar-refractivity contribution >= 4 is 0 Å². The summed E-state index contributed by atoms with van der Waals surface area (Å²) in [7, 11) is 0. The Bertz CT molecular complexity index is 1390. The Morgan fingerprint density at radius 3 is 1.62 bits per heavy atom. The first-order valence-electron chi connectivity index (χ1n) is 10.6. The predicted molar refractivity (Wildman–Crippen MR) is 120 cm³/mol. The van der Waals surface area contributed by atoms with Gasteiger partial charge in [0.2, 0.25) is 0 Å². The number of hydrogen-bond acceptors (Lipinski definition) is 2. The van der Waals surface area contributed by atoms with Gasteiger partial charge in [0.1, 0.15) is 34.5 Å². The lowest BCUT2D eigenvalue weighted by Gasteiger charge is -2.20. The molecule has 0 aromatic heterocycles. The number of aryl methyl sites for hydroxylation is 1. The van der Waals surface area contributed by atoms with Gasteiger partial charge in [-0.25, -0.2) is 13.2 Å². The lowest BCUT2D eigenvalue weighted by atomic mass is 10.0. The fraction of sp³-hybridized carbons (Fsp3) is 0.111. The van der Waals surface area contributed by atoms with E-state index < -0.39 is 47.0 Å². The fourth-order valence-corrected chi connectivity index (χ4v) is 3.59. The minimum absolute atomic E-state index is 0.0385. The van der Waals surface area contributed by atoms with Gasteiger partial charge < -0.3 is 9.47 Å². The zero-order chi connectivity index (χ0) is 27.0. The Morgan fingerprint density at radius 2 is 1.08 bits per heavy atom. The van der Waals surface area contributed by atoms with Crippen molar-refractivity contribution in [2.24, 2.45) is 0 Å². The van der Waals surface area contributed by atoms with E-state index in [-0.39, 0.29) is 16.7 Å². The smallest absolute Gasteiger partial charge is 0.429 e. The summed E-state index contributed by atoms with van der Waals surface area (Å²) >= 11 is 0. The summed E-state index contributed by atoms with van der Waals surface area (Å²) in [5, 5.41) is 0. The standard InChI is InChI=1S/C27H16F8O2/c1-15-2-4-16(5-3-15)18-12-23(29)25(24(30)13-18)26(31,32)36-20-10-11-21(22(28)14-20)17-6-8-19(9-7-17)37-27(33,34)35/h2-14H,1H3. The van der Waals surface area contributed by atoms with Gasteiger partial charge in [0.15, 0.2) is 0 Å². The van der Waals surface area contributed by atoms with Crippen LogP contribution < -0.4 is 9.47 Å². The molecule has 4 rings (SSSR count). The summed E-state index contributed by atoms with van der Waals surface area (Å²) in [6.07, 6.45) is -9.40. The topological polar surface area (TPSA) is 18.5 Å². The van der Waals surface area contributed by atoms with Crippen LogP contribution in [0, 0.1) is 24.4 Å². The Balaban J connectivity index is 1.56. The van der Waals surface area contributed by atoms with Crippen molar-refractivity contribution in [2.45, 2.75) is 19.4 Å². The van der Waals surface area contributed by atoms with Gasteiger partial charge in [-0.15, -0.1) is 13.2 Å². The molecule has 2 nitrogen and oxygen atoms in total. The number of hydrogen-bond donors (Lipinski definition) is 0. The third-order valence-corrected chi connectivity index (χ3v) is 5.30. The fourth-order valence-electron chi connectivity index (χ4n) is 3.59. The van der Waals surface area contributed by atoms with E-state index in [1.165, 1.54) is 0 Å². The molecule has 0 amide bonds. The molecule has 0 aliphatic rings. The molecule has 4 aromatic carbocycles. The molecule has 0 unspecified atom stereocenters. The van der Waals surface area contributed by atoms with E-state index in [1.807, 2.05) is 6.92 Å². The van der Waals surface area contributed by atoms with Gasteiger partial charge in [-0.05, 0) is 60.0 Å². The van der Waals surface area contributed by atoms with Crippen LogP contribution in [0.3, 0.4) is 0 Å². The zero-order valence-corrected chi connectivity index (χ0v) is 18.8. The van der Waals surface area contributed by atoms with Crippen LogP contribution in [-0.4, -0.2) is 6.36 Å². The predicted octanol–water partition coefficient (Wildman–Crippen LogP) is 8.77. The van der Waals surface area contributed by atoms with Crippen molar-refractivity contribution in [1.82, 2.24) is 0 Å². The molecule has 37 heavy (non-hydrogen) atoms. The summed E-state index contributed by atoms with van der Waals surface area (Å²) in [5.74, 6) is -5.44. The maximum atomic E-state index is 14.8. The summed E-state index contributed by atoms with van der Waals surface area (Å²) < 4.78 is 118. The van der Waals surface area contributed by atoms with Crippen molar-refractivity contribution in [3.63, 3.8) is 0 Å². The van der Waals surface area contributed by atoms with Crippen LogP contribution in [0.5, 0.6) is 11.5 Å². The van der Waals surface area contributed by atoms with E-state index in [4.69, 9.17) is 0 Å². The highest BCUT2D eigenvalue weighted by molar-refractivity contribution is 5.66. The van der Waals surface area contributed by atoms with Crippen molar-refractivity contribution < 1.29 is 44.6 Å². The normalized spacial score (nSPS) is 11.9. The highest BCUT2D eigenvalue weighted by atomic mass is 19.4. The first-order chi connectivity index (χ1) is 17.3. The van der Waals surface area contributed by atoms with Crippen LogP contribution in [0.1, 0.15) is 11.1 Å².